The molecule has 0 radical (unpaired) electrons. The van der Waals surface area contributed by atoms with Gasteiger partial charge in [0.15, 0.2) is 11.6 Å². The second-order valence-corrected chi connectivity index (χ2v) is 7.48. The molecule has 2 aromatic rings. The van der Waals surface area contributed by atoms with E-state index in [2.05, 4.69) is 25.7 Å². The van der Waals surface area contributed by atoms with Crippen molar-refractivity contribution in [1.82, 2.24) is 29.9 Å². The van der Waals surface area contributed by atoms with E-state index >= 15 is 0 Å². The van der Waals surface area contributed by atoms with Gasteiger partial charge in [0, 0.05) is 19.0 Å². The number of carbonyl (C=O) groups is 1. The van der Waals surface area contributed by atoms with Gasteiger partial charge in [-0.15, -0.1) is 20.4 Å². The van der Waals surface area contributed by atoms with E-state index in [9.17, 15) is 9.90 Å². The number of rotatable bonds is 3. The maximum Gasteiger partial charge on any atom is 0.324 e. The number of amides is 2. The molecule has 134 valence electrons. The minimum Gasteiger partial charge on any atom is -0.388 e. The highest BCUT2D eigenvalue weighted by atomic mass is 32.1. The molecule has 0 unspecified atom stereocenters. The van der Waals surface area contributed by atoms with Crippen LogP contribution in [0.2, 0.25) is 0 Å². The summed E-state index contributed by atoms with van der Waals surface area (Å²) in [6, 6.07) is -0.203. The van der Waals surface area contributed by atoms with Crippen LogP contribution in [-0.4, -0.2) is 47.5 Å². The molecule has 1 aliphatic carbocycles. The van der Waals surface area contributed by atoms with Gasteiger partial charge in [0.1, 0.15) is 11.6 Å². The number of carbonyl (C=O) groups excluding carboxylic acids is 1. The van der Waals surface area contributed by atoms with Crippen LogP contribution in [0.1, 0.15) is 54.7 Å². The van der Waals surface area contributed by atoms with Crippen LogP contribution in [0.4, 0.5) is 9.93 Å². The smallest absolute Gasteiger partial charge is 0.324 e. The van der Waals surface area contributed by atoms with Gasteiger partial charge in [-0.25, -0.2) is 4.79 Å². The van der Waals surface area contributed by atoms with E-state index in [1.165, 1.54) is 30.6 Å². The second kappa shape index (κ2) is 7.04. The van der Waals surface area contributed by atoms with Gasteiger partial charge in [0.2, 0.25) is 5.13 Å². The van der Waals surface area contributed by atoms with Crippen LogP contribution < -0.4 is 5.32 Å². The van der Waals surface area contributed by atoms with Gasteiger partial charge in [-0.2, -0.15) is 0 Å². The average molecular weight is 363 g/mol. The quantitative estimate of drug-likeness (QED) is 0.859. The fourth-order valence-corrected chi connectivity index (χ4v) is 4.38. The Morgan fingerprint density at radius 3 is 2.80 bits per heavy atom. The van der Waals surface area contributed by atoms with Crippen molar-refractivity contribution < 1.29 is 9.90 Å². The number of hydrogen-bond acceptors (Lipinski definition) is 7. The van der Waals surface area contributed by atoms with E-state index in [4.69, 9.17) is 0 Å². The van der Waals surface area contributed by atoms with E-state index in [0.29, 0.717) is 42.3 Å². The first kappa shape index (κ1) is 16.4. The Hall–Kier alpha value is -2.07. The van der Waals surface area contributed by atoms with Crippen molar-refractivity contribution in [2.45, 2.75) is 57.7 Å². The lowest BCUT2D eigenvalue weighted by atomic mass is 9.90. The van der Waals surface area contributed by atoms with Crippen molar-refractivity contribution in [1.29, 1.82) is 0 Å². The van der Waals surface area contributed by atoms with Crippen LogP contribution in [0.15, 0.2) is 0 Å². The molecule has 10 heteroatoms. The molecule has 0 spiro atoms. The van der Waals surface area contributed by atoms with E-state index in [1.807, 2.05) is 4.57 Å². The van der Waals surface area contributed by atoms with Crippen LogP contribution >= 0.6 is 11.3 Å². The van der Waals surface area contributed by atoms with Crippen molar-refractivity contribution in [3.63, 3.8) is 0 Å². The van der Waals surface area contributed by atoms with Crippen LogP contribution in [0.5, 0.6) is 0 Å². The molecular formula is C15H21N7O2S. The zero-order valence-corrected chi connectivity index (χ0v) is 14.7. The molecule has 0 saturated heterocycles. The maximum absolute atomic E-state index is 12.5. The number of aliphatic hydroxyl groups excluding tert-OH is 1. The summed E-state index contributed by atoms with van der Waals surface area (Å²) in [5.41, 5.74) is 0. The number of urea groups is 1. The third-order valence-electron chi connectivity index (χ3n) is 4.87. The molecule has 0 aromatic carbocycles. The summed E-state index contributed by atoms with van der Waals surface area (Å²) in [7, 11) is 0. The normalized spacial score (nSPS) is 18.2. The molecule has 0 bridgehead atoms. The molecule has 2 amide bonds. The standard InChI is InChI=1S/C15H21N7O2S/c23-9-12-18-17-11-8-21(6-7-22(11)12)15(24)16-14-20-19-13(25-14)10-4-2-1-3-5-10/h10,23H,1-9H2,(H,16,20,24). The number of nitrogens with one attached hydrogen (secondary N) is 1. The van der Waals surface area contributed by atoms with Crippen molar-refractivity contribution in [3.05, 3.63) is 16.7 Å². The lowest BCUT2D eigenvalue weighted by Crippen LogP contribution is -2.41. The monoisotopic (exact) mass is 363 g/mol. The Morgan fingerprint density at radius 2 is 2.00 bits per heavy atom. The Balaban J connectivity index is 1.38. The van der Waals surface area contributed by atoms with Crippen LogP contribution in [-0.2, 0) is 19.7 Å². The lowest BCUT2D eigenvalue weighted by molar-refractivity contribution is 0.192. The van der Waals surface area contributed by atoms with Crippen molar-refractivity contribution in [2.75, 3.05) is 11.9 Å². The number of fused-ring (bicyclic) bond motifs is 1. The molecule has 25 heavy (non-hydrogen) atoms. The summed E-state index contributed by atoms with van der Waals surface area (Å²) < 4.78 is 1.86. The Kier molecular flexibility index (Phi) is 4.62. The molecule has 4 rings (SSSR count). The fourth-order valence-electron chi connectivity index (χ4n) is 3.48. The Labute approximate surface area is 149 Å². The Bertz CT molecular complexity index is 753. The van der Waals surface area contributed by atoms with Gasteiger partial charge < -0.3 is 14.6 Å². The number of nitrogens with zero attached hydrogens (tertiary/aromatic N) is 6. The third-order valence-corrected chi connectivity index (χ3v) is 5.87. The summed E-state index contributed by atoms with van der Waals surface area (Å²) >= 11 is 1.48. The Morgan fingerprint density at radius 1 is 1.16 bits per heavy atom. The first-order valence-corrected chi connectivity index (χ1v) is 9.47. The largest absolute Gasteiger partial charge is 0.388 e. The van der Waals surface area contributed by atoms with Crippen molar-refractivity contribution in [2.24, 2.45) is 0 Å². The summed E-state index contributed by atoms with van der Waals surface area (Å²) in [5, 5.41) is 30.0. The molecule has 9 nitrogen and oxygen atoms in total. The van der Waals surface area contributed by atoms with E-state index in [-0.39, 0.29) is 12.6 Å². The highest BCUT2D eigenvalue weighted by Crippen LogP contribution is 2.35. The minimum absolute atomic E-state index is 0.145. The number of aromatic nitrogens is 5. The SMILES string of the molecule is O=C(Nc1nnc(C2CCCCC2)s1)N1CCn2c(CO)nnc2C1. The number of hydrogen-bond donors (Lipinski definition) is 2. The summed E-state index contributed by atoms with van der Waals surface area (Å²) in [6.07, 6.45) is 6.12. The predicted octanol–water partition coefficient (Wildman–Crippen LogP) is 1.72. The van der Waals surface area contributed by atoms with Gasteiger partial charge in [-0.3, -0.25) is 5.32 Å². The van der Waals surface area contributed by atoms with E-state index in [0.717, 1.165) is 17.8 Å². The summed E-state index contributed by atoms with van der Waals surface area (Å²) in [6.45, 7) is 1.34. The van der Waals surface area contributed by atoms with Gasteiger partial charge in [-0.05, 0) is 12.8 Å². The topological polar surface area (TPSA) is 109 Å². The van der Waals surface area contributed by atoms with Crippen molar-refractivity contribution in [3.8, 4) is 0 Å². The van der Waals surface area contributed by atoms with Crippen LogP contribution in [0.3, 0.4) is 0 Å². The fraction of sp³-hybridized carbons (Fsp3) is 0.667. The van der Waals surface area contributed by atoms with Gasteiger partial charge in [-0.1, -0.05) is 30.6 Å². The molecule has 1 aliphatic heterocycles. The molecular weight excluding hydrogens is 342 g/mol. The van der Waals surface area contributed by atoms with Crippen LogP contribution in [0.25, 0.3) is 0 Å². The van der Waals surface area contributed by atoms with Crippen molar-refractivity contribution >= 4 is 22.5 Å². The number of anilines is 1. The van der Waals surface area contributed by atoms with Gasteiger partial charge in [0.25, 0.3) is 0 Å². The second-order valence-electron chi connectivity index (χ2n) is 6.47. The molecule has 3 heterocycles. The zero-order valence-electron chi connectivity index (χ0n) is 13.9. The van der Waals surface area contributed by atoms with Crippen LogP contribution in [0, 0.1) is 0 Å². The highest BCUT2D eigenvalue weighted by Gasteiger charge is 2.25. The number of aliphatic hydroxyl groups is 1. The summed E-state index contributed by atoms with van der Waals surface area (Å²) in [5.74, 6) is 1.71. The lowest BCUT2D eigenvalue weighted by Gasteiger charge is -2.27. The first-order chi connectivity index (χ1) is 12.2. The highest BCUT2D eigenvalue weighted by molar-refractivity contribution is 7.15. The molecule has 1 fully saturated rings. The van der Waals surface area contributed by atoms with E-state index in [1.54, 1.807) is 4.90 Å². The summed E-state index contributed by atoms with van der Waals surface area (Å²) in [4.78, 5) is 14.2. The minimum atomic E-state index is -0.203. The zero-order chi connectivity index (χ0) is 17.2. The van der Waals surface area contributed by atoms with Gasteiger partial charge >= 0.3 is 6.03 Å². The molecule has 2 N–H and O–H groups in total. The molecule has 2 aliphatic rings. The average Bonchev–Trinajstić information content (AvgIpc) is 3.28. The molecule has 2 aromatic heterocycles. The maximum atomic E-state index is 12.5. The van der Waals surface area contributed by atoms with Gasteiger partial charge in [0.05, 0.1) is 6.54 Å². The molecule has 1 saturated carbocycles. The molecule has 0 atom stereocenters. The van der Waals surface area contributed by atoms with E-state index < -0.39 is 0 Å². The first-order valence-electron chi connectivity index (χ1n) is 8.65. The third kappa shape index (κ3) is 3.36. The predicted molar refractivity (Wildman–Crippen MR) is 91.1 cm³/mol.